The molecule has 0 atom stereocenters. The SMILES string of the molecule is C=C(C)C(=O)OCCC#CC#CCCOC(=O)C(=C)C. The Balaban J connectivity index is 3.70. The van der Waals surface area contributed by atoms with Crippen LogP contribution < -0.4 is 0 Å². The van der Waals surface area contributed by atoms with Crippen molar-refractivity contribution in [3.63, 3.8) is 0 Å². The van der Waals surface area contributed by atoms with Gasteiger partial charge in [-0.05, 0) is 25.7 Å². The molecule has 0 aliphatic carbocycles. The van der Waals surface area contributed by atoms with E-state index in [9.17, 15) is 9.59 Å². The zero-order valence-corrected chi connectivity index (χ0v) is 11.9. The van der Waals surface area contributed by atoms with E-state index in [0.29, 0.717) is 24.0 Å². The Hall–Kier alpha value is -2.46. The maximum atomic E-state index is 11.0. The number of hydrogen-bond donors (Lipinski definition) is 0. The molecule has 0 heterocycles. The second kappa shape index (κ2) is 10.5. The molecular weight excluding hydrogens is 256 g/mol. The van der Waals surface area contributed by atoms with Crippen molar-refractivity contribution in [1.29, 1.82) is 0 Å². The van der Waals surface area contributed by atoms with Crippen LogP contribution in [-0.2, 0) is 19.1 Å². The molecule has 0 aromatic heterocycles. The van der Waals surface area contributed by atoms with Crippen molar-refractivity contribution in [3.8, 4) is 23.7 Å². The van der Waals surface area contributed by atoms with Gasteiger partial charge in [0.15, 0.2) is 0 Å². The lowest BCUT2D eigenvalue weighted by Gasteiger charge is -1.99. The Kier molecular flexibility index (Phi) is 9.17. The Morgan fingerprint density at radius 2 is 1.20 bits per heavy atom. The van der Waals surface area contributed by atoms with Crippen LogP contribution >= 0.6 is 0 Å². The van der Waals surface area contributed by atoms with Gasteiger partial charge in [0.2, 0.25) is 0 Å². The summed E-state index contributed by atoms with van der Waals surface area (Å²) in [5.74, 6) is 9.88. The van der Waals surface area contributed by atoms with Gasteiger partial charge in [0.05, 0.1) is 0 Å². The summed E-state index contributed by atoms with van der Waals surface area (Å²) in [6, 6.07) is 0. The first-order valence-electron chi connectivity index (χ1n) is 6.06. The summed E-state index contributed by atoms with van der Waals surface area (Å²) < 4.78 is 9.68. The predicted octanol–water partition coefficient (Wildman–Crippen LogP) is 2.01. The first-order valence-corrected chi connectivity index (χ1v) is 6.06. The van der Waals surface area contributed by atoms with Crippen molar-refractivity contribution >= 4 is 11.9 Å². The molecule has 0 bridgehead atoms. The smallest absolute Gasteiger partial charge is 0.333 e. The highest BCUT2D eigenvalue weighted by Gasteiger charge is 2.01. The molecule has 20 heavy (non-hydrogen) atoms. The summed E-state index contributed by atoms with van der Waals surface area (Å²) in [5, 5.41) is 0. The van der Waals surface area contributed by atoms with Crippen molar-refractivity contribution in [3.05, 3.63) is 24.3 Å². The Morgan fingerprint density at radius 1 is 0.850 bits per heavy atom. The maximum Gasteiger partial charge on any atom is 0.333 e. The minimum Gasteiger partial charge on any atom is -0.461 e. The molecule has 0 amide bonds. The maximum absolute atomic E-state index is 11.0. The van der Waals surface area contributed by atoms with E-state index in [1.807, 2.05) is 0 Å². The summed E-state index contributed by atoms with van der Waals surface area (Å²) in [5.41, 5.74) is 0.726. The second-order valence-electron chi connectivity index (χ2n) is 3.94. The number of rotatable bonds is 6. The van der Waals surface area contributed by atoms with Crippen LogP contribution in [0.25, 0.3) is 0 Å². The topological polar surface area (TPSA) is 52.6 Å². The molecule has 0 radical (unpaired) electrons. The number of carbonyl (C=O) groups excluding carboxylic acids is 2. The third-order valence-electron chi connectivity index (χ3n) is 1.86. The van der Waals surface area contributed by atoms with Crippen molar-refractivity contribution in [2.45, 2.75) is 26.7 Å². The van der Waals surface area contributed by atoms with Crippen LogP contribution in [0.5, 0.6) is 0 Å². The lowest BCUT2D eigenvalue weighted by Crippen LogP contribution is -2.05. The molecule has 0 aliphatic heterocycles. The first-order chi connectivity index (χ1) is 9.45. The van der Waals surface area contributed by atoms with Gasteiger partial charge in [-0.3, -0.25) is 0 Å². The van der Waals surface area contributed by atoms with E-state index in [2.05, 4.69) is 36.8 Å². The number of hydrogen-bond acceptors (Lipinski definition) is 4. The normalized spacial score (nSPS) is 8.30. The molecule has 4 heteroatoms. The predicted molar refractivity (Wildman–Crippen MR) is 76.3 cm³/mol. The Labute approximate surface area is 119 Å². The molecule has 0 aromatic rings. The summed E-state index contributed by atoms with van der Waals surface area (Å²) in [6.45, 7) is 10.5. The molecule has 0 spiro atoms. The van der Waals surface area contributed by atoms with E-state index in [4.69, 9.17) is 9.47 Å². The van der Waals surface area contributed by atoms with Crippen LogP contribution in [0.1, 0.15) is 26.7 Å². The van der Waals surface area contributed by atoms with E-state index in [0.717, 1.165) is 0 Å². The number of ether oxygens (including phenoxy) is 2. The molecule has 0 aliphatic rings. The van der Waals surface area contributed by atoms with Gasteiger partial charge in [-0.15, -0.1) is 0 Å². The van der Waals surface area contributed by atoms with Crippen molar-refractivity contribution < 1.29 is 19.1 Å². The van der Waals surface area contributed by atoms with Gasteiger partial charge in [0.25, 0.3) is 0 Å². The van der Waals surface area contributed by atoms with Crippen LogP contribution in [0.2, 0.25) is 0 Å². The van der Waals surface area contributed by atoms with E-state index in [1.165, 1.54) is 0 Å². The van der Waals surface area contributed by atoms with Crippen LogP contribution in [-0.4, -0.2) is 25.2 Å². The van der Waals surface area contributed by atoms with Crippen molar-refractivity contribution in [1.82, 2.24) is 0 Å². The number of carbonyl (C=O) groups is 2. The highest BCUT2D eigenvalue weighted by atomic mass is 16.5. The van der Waals surface area contributed by atoms with Gasteiger partial charge in [-0.1, -0.05) is 25.0 Å². The molecular formula is C16H18O4. The zero-order valence-electron chi connectivity index (χ0n) is 11.9. The third-order valence-corrected chi connectivity index (χ3v) is 1.86. The minimum absolute atomic E-state index is 0.219. The molecule has 0 N–H and O–H groups in total. The molecule has 0 aromatic carbocycles. The number of esters is 2. The van der Waals surface area contributed by atoms with Gasteiger partial charge < -0.3 is 9.47 Å². The molecule has 0 saturated carbocycles. The highest BCUT2D eigenvalue weighted by Crippen LogP contribution is 1.93. The summed E-state index contributed by atoms with van der Waals surface area (Å²) >= 11 is 0. The second-order valence-corrected chi connectivity index (χ2v) is 3.94. The molecule has 106 valence electrons. The summed E-state index contributed by atoms with van der Waals surface area (Å²) in [7, 11) is 0. The van der Waals surface area contributed by atoms with Crippen LogP contribution in [0, 0.1) is 23.7 Å². The van der Waals surface area contributed by atoms with E-state index in [1.54, 1.807) is 13.8 Å². The Morgan fingerprint density at radius 3 is 1.50 bits per heavy atom. The van der Waals surface area contributed by atoms with Crippen LogP contribution in [0.15, 0.2) is 24.3 Å². The largest absolute Gasteiger partial charge is 0.461 e. The summed E-state index contributed by atoms with van der Waals surface area (Å²) in [6.07, 6.45) is 0.830. The molecule has 0 rings (SSSR count). The van der Waals surface area contributed by atoms with Crippen molar-refractivity contribution in [2.75, 3.05) is 13.2 Å². The zero-order chi connectivity index (χ0) is 15.4. The lowest BCUT2D eigenvalue weighted by atomic mass is 10.3. The van der Waals surface area contributed by atoms with Gasteiger partial charge >= 0.3 is 11.9 Å². The average Bonchev–Trinajstić information content (AvgIpc) is 2.39. The average molecular weight is 274 g/mol. The van der Waals surface area contributed by atoms with Crippen LogP contribution in [0.3, 0.4) is 0 Å². The molecule has 0 unspecified atom stereocenters. The summed E-state index contributed by atoms with van der Waals surface area (Å²) in [4.78, 5) is 22.0. The van der Waals surface area contributed by atoms with Crippen molar-refractivity contribution in [2.24, 2.45) is 0 Å². The molecule has 4 nitrogen and oxygen atoms in total. The quantitative estimate of drug-likeness (QED) is 0.322. The molecule has 0 fully saturated rings. The fourth-order valence-electron chi connectivity index (χ4n) is 0.849. The van der Waals surface area contributed by atoms with Gasteiger partial charge in [-0.25, -0.2) is 9.59 Å². The van der Waals surface area contributed by atoms with E-state index in [-0.39, 0.29) is 13.2 Å². The highest BCUT2D eigenvalue weighted by molar-refractivity contribution is 5.87. The van der Waals surface area contributed by atoms with Gasteiger partial charge in [0, 0.05) is 24.0 Å². The molecule has 0 saturated heterocycles. The third kappa shape index (κ3) is 9.56. The minimum atomic E-state index is -0.419. The standard InChI is InChI=1S/C16H18O4/c1-13(2)15(17)19-11-9-7-5-6-8-10-12-20-16(18)14(3)4/h1,3,9-12H2,2,4H3. The fourth-order valence-corrected chi connectivity index (χ4v) is 0.849. The monoisotopic (exact) mass is 274 g/mol. The lowest BCUT2D eigenvalue weighted by molar-refractivity contribution is -0.139. The van der Waals surface area contributed by atoms with Gasteiger partial charge in [-0.2, -0.15) is 0 Å². The first kappa shape index (κ1) is 17.5. The van der Waals surface area contributed by atoms with Gasteiger partial charge in [0.1, 0.15) is 13.2 Å². The van der Waals surface area contributed by atoms with E-state index < -0.39 is 11.9 Å². The fraction of sp³-hybridized carbons (Fsp3) is 0.375. The Bertz CT molecular complexity index is 458. The van der Waals surface area contributed by atoms with Crippen LogP contribution in [0.4, 0.5) is 0 Å². The van der Waals surface area contributed by atoms with E-state index >= 15 is 0 Å².